The van der Waals surface area contributed by atoms with Crippen LogP contribution in [-0.2, 0) is 9.53 Å². The molecule has 1 N–H and O–H groups in total. The lowest BCUT2D eigenvalue weighted by Crippen LogP contribution is -2.21. The summed E-state index contributed by atoms with van der Waals surface area (Å²) in [5.41, 5.74) is 1.34. The van der Waals surface area contributed by atoms with Gasteiger partial charge in [0, 0.05) is 21.9 Å². The van der Waals surface area contributed by atoms with Crippen LogP contribution >= 0.6 is 23.2 Å². The molecule has 0 atom stereocenters. The van der Waals surface area contributed by atoms with Gasteiger partial charge in [0.1, 0.15) is 5.69 Å². The topological polar surface area (TPSA) is 68.3 Å². The fourth-order valence-corrected chi connectivity index (χ4v) is 1.98. The maximum Gasteiger partial charge on any atom is 0.357 e. The Morgan fingerprint density at radius 1 is 1.27 bits per heavy atom. The molecule has 0 unspecified atom stereocenters. The monoisotopic (exact) mass is 338 g/mol. The summed E-state index contributed by atoms with van der Waals surface area (Å²) in [6.07, 6.45) is 1.38. The van der Waals surface area contributed by atoms with Gasteiger partial charge < -0.3 is 10.1 Å². The van der Waals surface area contributed by atoms with Crippen molar-refractivity contribution in [3.63, 3.8) is 0 Å². The summed E-state index contributed by atoms with van der Waals surface area (Å²) in [6, 6.07) is 8.04. The van der Waals surface area contributed by atoms with E-state index < -0.39 is 18.5 Å². The Morgan fingerprint density at radius 2 is 2.05 bits per heavy atom. The minimum Gasteiger partial charge on any atom is -0.451 e. The Labute approximate surface area is 137 Å². The van der Waals surface area contributed by atoms with Crippen molar-refractivity contribution in [2.45, 2.75) is 6.92 Å². The Hall–Kier alpha value is -2.11. The second kappa shape index (κ2) is 7.24. The molecular weight excluding hydrogens is 327 g/mol. The Morgan fingerprint density at radius 3 is 2.77 bits per heavy atom. The van der Waals surface area contributed by atoms with Crippen molar-refractivity contribution >= 4 is 40.8 Å². The third-order valence-electron chi connectivity index (χ3n) is 2.81. The number of nitrogens with zero attached hydrogens (tertiary/aromatic N) is 1. The lowest BCUT2D eigenvalue weighted by atomic mass is 10.2. The second-order valence-corrected chi connectivity index (χ2v) is 5.24. The molecule has 1 heterocycles. The van der Waals surface area contributed by atoms with Crippen LogP contribution in [0.15, 0.2) is 36.5 Å². The first-order valence-electron chi connectivity index (χ1n) is 6.31. The molecule has 0 saturated carbocycles. The van der Waals surface area contributed by atoms with Gasteiger partial charge in [0.15, 0.2) is 6.61 Å². The molecule has 0 saturated heterocycles. The molecule has 2 aromatic rings. The van der Waals surface area contributed by atoms with Crippen molar-refractivity contribution in [3.8, 4) is 0 Å². The number of nitrogens with one attached hydrogen (secondary N) is 1. The lowest BCUT2D eigenvalue weighted by Gasteiger charge is -2.09. The summed E-state index contributed by atoms with van der Waals surface area (Å²) in [6.45, 7) is 1.35. The van der Waals surface area contributed by atoms with Gasteiger partial charge in [0.2, 0.25) is 0 Å². The van der Waals surface area contributed by atoms with E-state index >= 15 is 0 Å². The van der Waals surface area contributed by atoms with Gasteiger partial charge in [0.25, 0.3) is 5.91 Å². The summed E-state index contributed by atoms with van der Waals surface area (Å²) < 4.78 is 4.88. The number of benzene rings is 1. The van der Waals surface area contributed by atoms with Crippen LogP contribution in [0.5, 0.6) is 0 Å². The van der Waals surface area contributed by atoms with Crippen molar-refractivity contribution < 1.29 is 14.3 Å². The minimum absolute atomic E-state index is 0.0410. The molecule has 22 heavy (non-hydrogen) atoms. The van der Waals surface area contributed by atoms with E-state index in [4.69, 9.17) is 27.9 Å². The first-order valence-corrected chi connectivity index (χ1v) is 7.06. The molecule has 0 radical (unpaired) electrons. The van der Waals surface area contributed by atoms with Crippen molar-refractivity contribution in [2.75, 3.05) is 11.9 Å². The first-order chi connectivity index (χ1) is 10.5. The number of pyridine rings is 1. The fraction of sp³-hybridized carbons (Fsp3) is 0.133. The first kappa shape index (κ1) is 16.3. The highest BCUT2D eigenvalue weighted by atomic mass is 35.5. The number of anilines is 1. The predicted molar refractivity (Wildman–Crippen MR) is 84.3 cm³/mol. The molecule has 7 heteroatoms. The number of amides is 1. The normalized spacial score (nSPS) is 10.1. The smallest absolute Gasteiger partial charge is 0.357 e. The number of carbonyl (C=O) groups excluding carboxylic acids is 2. The second-order valence-electron chi connectivity index (χ2n) is 4.40. The van der Waals surface area contributed by atoms with E-state index in [-0.39, 0.29) is 5.69 Å². The van der Waals surface area contributed by atoms with E-state index in [1.165, 1.54) is 18.3 Å². The number of esters is 1. The zero-order valence-electron chi connectivity index (χ0n) is 11.6. The highest BCUT2D eigenvalue weighted by Crippen LogP contribution is 2.22. The van der Waals surface area contributed by atoms with Gasteiger partial charge in [-0.1, -0.05) is 29.3 Å². The molecule has 0 bridgehead atoms. The molecule has 5 nitrogen and oxygen atoms in total. The third-order valence-corrected chi connectivity index (χ3v) is 3.45. The van der Waals surface area contributed by atoms with E-state index in [1.807, 2.05) is 0 Å². The van der Waals surface area contributed by atoms with Crippen LogP contribution in [0, 0.1) is 6.92 Å². The predicted octanol–water partition coefficient (Wildman–Crippen LogP) is 3.49. The van der Waals surface area contributed by atoms with Gasteiger partial charge >= 0.3 is 5.97 Å². The lowest BCUT2D eigenvalue weighted by molar-refractivity contribution is -0.119. The molecule has 1 amide bonds. The average molecular weight is 339 g/mol. The number of hydrogen-bond donors (Lipinski definition) is 1. The van der Waals surface area contributed by atoms with Crippen LogP contribution in [0.4, 0.5) is 5.69 Å². The molecule has 0 aliphatic heterocycles. The number of aromatic nitrogens is 1. The van der Waals surface area contributed by atoms with Gasteiger partial charge in [-0.3, -0.25) is 4.79 Å². The molecule has 0 aliphatic carbocycles. The van der Waals surface area contributed by atoms with Crippen LogP contribution < -0.4 is 5.32 Å². The standard InChI is InChI=1S/C15H12Cl2N2O3/c1-9-11(17)3-2-4-12(9)19-14(20)8-22-15(21)13-7-10(16)5-6-18-13/h2-7H,8H2,1H3,(H,19,20). The van der Waals surface area contributed by atoms with Gasteiger partial charge in [0.05, 0.1) is 0 Å². The number of carbonyl (C=O) groups is 2. The van der Waals surface area contributed by atoms with E-state index in [0.717, 1.165) is 5.56 Å². The summed E-state index contributed by atoms with van der Waals surface area (Å²) in [5.74, 6) is -1.19. The fourth-order valence-electron chi connectivity index (χ4n) is 1.65. The van der Waals surface area contributed by atoms with Crippen LogP contribution in [0.2, 0.25) is 10.0 Å². The van der Waals surface area contributed by atoms with Crippen LogP contribution in [0.3, 0.4) is 0 Å². The van der Waals surface area contributed by atoms with E-state index in [0.29, 0.717) is 15.7 Å². The van der Waals surface area contributed by atoms with E-state index in [9.17, 15) is 9.59 Å². The SMILES string of the molecule is Cc1c(Cl)cccc1NC(=O)COC(=O)c1cc(Cl)ccn1. The summed E-state index contributed by atoms with van der Waals surface area (Å²) in [7, 11) is 0. The Kier molecular flexibility index (Phi) is 5.35. The molecule has 0 spiro atoms. The third kappa shape index (κ3) is 4.19. The van der Waals surface area contributed by atoms with E-state index in [2.05, 4.69) is 10.3 Å². The minimum atomic E-state index is -0.722. The molecule has 114 valence electrons. The van der Waals surface area contributed by atoms with Crippen molar-refractivity contribution in [1.82, 2.24) is 4.98 Å². The molecule has 1 aromatic heterocycles. The van der Waals surface area contributed by atoms with Gasteiger partial charge in [-0.2, -0.15) is 0 Å². The van der Waals surface area contributed by atoms with Gasteiger partial charge in [-0.15, -0.1) is 0 Å². The quantitative estimate of drug-likeness (QED) is 0.866. The van der Waals surface area contributed by atoms with Crippen molar-refractivity contribution in [2.24, 2.45) is 0 Å². The largest absolute Gasteiger partial charge is 0.451 e. The summed E-state index contributed by atoms with van der Waals surface area (Å²) >= 11 is 11.7. The number of rotatable bonds is 4. The molecule has 2 rings (SSSR count). The maximum atomic E-state index is 11.8. The van der Waals surface area contributed by atoms with Crippen LogP contribution in [0.1, 0.15) is 16.1 Å². The molecular formula is C15H12Cl2N2O3. The zero-order valence-corrected chi connectivity index (χ0v) is 13.1. The Balaban J connectivity index is 1.93. The van der Waals surface area contributed by atoms with Crippen molar-refractivity contribution in [3.05, 3.63) is 57.8 Å². The highest BCUT2D eigenvalue weighted by molar-refractivity contribution is 6.31. The molecule has 0 fully saturated rings. The van der Waals surface area contributed by atoms with Crippen LogP contribution in [-0.4, -0.2) is 23.5 Å². The van der Waals surface area contributed by atoms with E-state index in [1.54, 1.807) is 25.1 Å². The summed E-state index contributed by atoms with van der Waals surface area (Å²) in [4.78, 5) is 27.4. The zero-order chi connectivity index (χ0) is 16.1. The molecule has 0 aliphatic rings. The Bertz CT molecular complexity index is 720. The van der Waals surface area contributed by atoms with Gasteiger partial charge in [-0.25, -0.2) is 9.78 Å². The number of hydrogen-bond acceptors (Lipinski definition) is 4. The highest BCUT2D eigenvalue weighted by Gasteiger charge is 2.13. The number of ether oxygens (including phenoxy) is 1. The average Bonchev–Trinajstić information content (AvgIpc) is 2.49. The van der Waals surface area contributed by atoms with Crippen molar-refractivity contribution in [1.29, 1.82) is 0 Å². The number of halogens is 2. The molecule has 1 aromatic carbocycles. The van der Waals surface area contributed by atoms with Crippen LogP contribution in [0.25, 0.3) is 0 Å². The van der Waals surface area contributed by atoms with Gasteiger partial charge in [-0.05, 0) is 36.8 Å². The summed E-state index contributed by atoms with van der Waals surface area (Å²) in [5, 5.41) is 3.52. The maximum absolute atomic E-state index is 11.8.